The molecular weight excluding hydrogens is 280 g/mol. The second kappa shape index (κ2) is 6.02. The third-order valence-corrected chi connectivity index (χ3v) is 7.57. The first-order valence-electron chi connectivity index (χ1n) is 10.1. The Balaban J connectivity index is 2.60. The summed E-state index contributed by atoms with van der Waals surface area (Å²) in [6.45, 7) is 22.2. The van der Waals surface area contributed by atoms with Crippen LogP contribution in [0, 0.1) is 5.92 Å². The van der Waals surface area contributed by atoms with Crippen LogP contribution in [0.3, 0.4) is 0 Å². The fourth-order valence-corrected chi connectivity index (χ4v) is 5.59. The average molecular weight is 323 g/mol. The normalized spacial score (nSPS) is 41.9. The van der Waals surface area contributed by atoms with Crippen LogP contribution >= 0.6 is 0 Å². The summed E-state index contributed by atoms with van der Waals surface area (Å²) in [6, 6.07) is 0. The van der Waals surface area contributed by atoms with Crippen LogP contribution in [0.1, 0.15) is 107 Å². The second-order valence-corrected chi connectivity index (χ2v) is 10.1. The first-order chi connectivity index (χ1) is 10.4. The van der Waals surface area contributed by atoms with Crippen molar-refractivity contribution in [2.75, 3.05) is 0 Å². The molecule has 0 radical (unpaired) electrons. The lowest BCUT2D eigenvalue weighted by Gasteiger charge is -2.69. The predicted molar refractivity (Wildman–Crippen MR) is 101 cm³/mol. The fraction of sp³-hybridized carbons (Fsp3) is 1.00. The van der Waals surface area contributed by atoms with Crippen molar-refractivity contribution < 1.29 is 0 Å². The highest BCUT2D eigenvalue weighted by atomic mass is 15.7. The highest BCUT2D eigenvalue weighted by Crippen LogP contribution is 2.52. The van der Waals surface area contributed by atoms with Gasteiger partial charge in [0.25, 0.3) is 0 Å². The van der Waals surface area contributed by atoms with E-state index in [-0.39, 0.29) is 22.2 Å². The zero-order valence-corrected chi connectivity index (χ0v) is 17.4. The average Bonchev–Trinajstić information content (AvgIpc) is 2.45. The molecule has 0 amide bonds. The van der Waals surface area contributed by atoms with E-state index in [0.717, 1.165) is 5.92 Å². The monoisotopic (exact) mass is 322 g/mol. The number of hydrazine groups is 1. The highest BCUT2D eigenvalue weighted by molar-refractivity contribution is 5.07. The Morgan fingerprint density at radius 3 is 1.74 bits per heavy atom. The van der Waals surface area contributed by atoms with Crippen molar-refractivity contribution in [1.29, 1.82) is 0 Å². The lowest BCUT2D eigenvalue weighted by Crippen LogP contribution is -2.77. The molecular formula is C21H42N2. The molecule has 2 fully saturated rings. The summed E-state index contributed by atoms with van der Waals surface area (Å²) in [6.07, 6.45) is 9.11. The van der Waals surface area contributed by atoms with E-state index in [0.29, 0.717) is 0 Å². The van der Waals surface area contributed by atoms with Gasteiger partial charge in [0.15, 0.2) is 0 Å². The van der Waals surface area contributed by atoms with Gasteiger partial charge in [-0.25, -0.2) is 10.0 Å². The number of nitrogens with zero attached hydrogens (tertiary/aromatic N) is 2. The molecule has 0 bridgehead atoms. The van der Waals surface area contributed by atoms with Crippen LogP contribution in [-0.4, -0.2) is 32.2 Å². The number of rotatable bonds is 3. The highest BCUT2D eigenvalue weighted by Gasteiger charge is 2.57. The Bertz CT molecular complexity index is 412. The lowest BCUT2D eigenvalue weighted by molar-refractivity contribution is -0.291. The first kappa shape index (κ1) is 19.2. The Morgan fingerprint density at radius 2 is 1.30 bits per heavy atom. The van der Waals surface area contributed by atoms with E-state index in [4.69, 9.17) is 0 Å². The minimum atomic E-state index is 0.242. The Hall–Kier alpha value is -0.0800. The maximum atomic E-state index is 2.90. The van der Waals surface area contributed by atoms with Crippen molar-refractivity contribution >= 4 is 0 Å². The van der Waals surface area contributed by atoms with Gasteiger partial charge in [-0.15, -0.1) is 0 Å². The third-order valence-electron chi connectivity index (χ3n) is 7.57. The SMILES string of the molecule is CCC1(C)CCC(C)C(C)(CC)N1N1C(C)(C)CCCC1(C)C. The zero-order chi connectivity index (χ0) is 17.7. The van der Waals surface area contributed by atoms with Crippen LogP contribution < -0.4 is 0 Å². The summed E-state index contributed by atoms with van der Waals surface area (Å²) in [7, 11) is 0. The Kier molecular flexibility index (Phi) is 5.04. The van der Waals surface area contributed by atoms with Gasteiger partial charge >= 0.3 is 0 Å². The fourth-order valence-electron chi connectivity index (χ4n) is 5.59. The largest absolute Gasteiger partial charge is 0.230 e. The summed E-state index contributed by atoms with van der Waals surface area (Å²) in [4.78, 5) is 0. The molecule has 0 aromatic heterocycles. The van der Waals surface area contributed by atoms with Gasteiger partial charge in [-0.1, -0.05) is 20.8 Å². The van der Waals surface area contributed by atoms with Gasteiger partial charge < -0.3 is 0 Å². The molecule has 3 unspecified atom stereocenters. The topological polar surface area (TPSA) is 6.48 Å². The van der Waals surface area contributed by atoms with Crippen LogP contribution in [0.2, 0.25) is 0 Å². The standard InChI is InChI=1S/C21H42N2/c1-10-20(8)16-13-17(3)21(9,11-2)23(20)22-18(4,5)14-12-15-19(22,6)7/h17H,10-16H2,1-9H3. The van der Waals surface area contributed by atoms with Crippen molar-refractivity contribution in [2.24, 2.45) is 5.92 Å². The third kappa shape index (κ3) is 2.99. The molecule has 0 N–H and O–H groups in total. The molecule has 23 heavy (non-hydrogen) atoms. The maximum Gasteiger partial charge on any atom is 0.0357 e. The van der Waals surface area contributed by atoms with Crippen molar-refractivity contribution in [3.8, 4) is 0 Å². The molecule has 0 aromatic carbocycles. The minimum Gasteiger partial charge on any atom is -0.230 e. The molecule has 2 heterocycles. The molecule has 136 valence electrons. The van der Waals surface area contributed by atoms with Gasteiger partial charge in [-0.05, 0) is 92.4 Å². The van der Waals surface area contributed by atoms with E-state index in [2.05, 4.69) is 72.3 Å². The molecule has 3 atom stereocenters. The summed E-state index contributed by atoms with van der Waals surface area (Å²) in [5.74, 6) is 0.751. The predicted octanol–water partition coefficient (Wildman–Crippen LogP) is 6.01. The molecule has 2 rings (SSSR count). The first-order valence-corrected chi connectivity index (χ1v) is 10.1. The molecule has 2 saturated heterocycles. The molecule has 2 aliphatic heterocycles. The van der Waals surface area contributed by atoms with Crippen LogP contribution in [0.4, 0.5) is 0 Å². The Morgan fingerprint density at radius 1 is 0.783 bits per heavy atom. The lowest BCUT2D eigenvalue weighted by atomic mass is 9.69. The van der Waals surface area contributed by atoms with Crippen molar-refractivity contribution in [3.63, 3.8) is 0 Å². The van der Waals surface area contributed by atoms with Crippen molar-refractivity contribution in [2.45, 2.75) is 129 Å². The van der Waals surface area contributed by atoms with Crippen molar-refractivity contribution in [3.05, 3.63) is 0 Å². The van der Waals surface area contributed by atoms with E-state index >= 15 is 0 Å². The quantitative estimate of drug-likeness (QED) is 0.627. The van der Waals surface area contributed by atoms with Gasteiger partial charge in [0.2, 0.25) is 0 Å². The molecule has 2 aliphatic rings. The van der Waals surface area contributed by atoms with E-state index < -0.39 is 0 Å². The molecule has 2 nitrogen and oxygen atoms in total. The zero-order valence-electron chi connectivity index (χ0n) is 17.4. The van der Waals surface area contributed by atoms with Crippen molar-refractivity contribution in [1.82, 2.24) is 10.0 Å². The summed E-state index contributed by atoms with van der Waals surface area (Å²) in [5.41, 5.74) is 1.02. The second-order valence-electron chi connectivity index (χ2n) is 10.1. The summed E-state index contributed by atoms with van der Waals surface area (Å²) < 4.78 is 0. The number of hydrogen-bond donors (Lipinski definition) is 0. The summed E-state index contributed by atoms with van der Waals surface area (Å²) >= 11 is 0. The number of hydrogen-bond acceptors (Lipinski definition) is 2. The minimum absolute atomic E-state index is 0.242. The van der Waals surface area contributed by atoms with E-state index in [1.54, 1.807) is 0 Å². The van der Waals surface area contributed by atoms with Crippen LogP contribution in [0.25, 0.3) is 0 Å². The molecule has 2 heteroatoms. The van der Waals surface area contributed by atoms with Gasteiger partial charge in [0, 0.05) is 22.2 Å². The number of piperidine rings is 2. The molecule has 0 aliphatic carbocycles. The Labute approximate surface area is 146 Å². The molecule has 0 saturated carbocycles. The van der Waals surface area contributed by atoms with Gasteiger partial charge in [0.05, 0.1) is 0 Å². The molecule has 0 spiro atoms. The smallest absolute Gasteiger partial charge is 0.0357 e. The van der Waals surface area contributed by atoms with Crippen LogP contribution in [-0.2, 0) is 0 Å². The molecule has 0 aromatic rings. The van der Waals surface area contributed by atoms with E-state index in [9.17, 15) is 0 Å². The van der Waals surface area contributed by atoms with Gasteiger partial charge in [-0.2, -0.15) is 0 Å². The van der Waals surface area contributed by atoms with Gasteiger partial charge in [-0.3, -0.25) is 0 Å². The maximum absolute atomic E-state index is 2.90. The van der Waals surface area contributed by atoms with Crippen LogP contribution in [0.5, 0.6) is 0 Å². The van der Waals surface area contributed by atoms with E-state index in [1.165, 1.54) is 44.9 Å². The van der Waals surface area contributed by atoms with Gasteiger partial charge in [0.1, 0.15) is 0 Å². The summed E-state index contributed by atoms with van der Waals surface area (Å²) in [5, 5.41) is 5.74. The van der Waals surface area contributed by atoms with Crippen LogP contribution in [0.15, 0.2) is 0 Å². The van der Waals surface area contributed by atoms with E-state index in [1.807, 2.05) is 0 Å².